The van der Waals surface area contributed by atoms with Crippen molar-refractivity contribution in [2.45, 2.75) is 25.3 Å². The van der Waals surface area contributed by atoms with Gasteiger partial charge in [0, 0.05) is 30.5 Å². The second-order valence-corrected chi connectivity index (χ2v) is 8.01. The number of rotatable bonds is 5. The van der Waals surface area contributed by atoms with Crippen LogP contribution in [0.4, 0.5) is 5.69 Å². The molecule has 0 saturated carbocycles. The summed E-state index contributed by atoms with van der Waals surface area (Å²) >= 11 is 0. The van der Waals surface area contributed by atoms with Crippen LogP contribution in [-0.4, -0.2) is 18.2 Å². The van der Waals surface area contributed by atoms with Crippen molar-refractivity contribution in [1.29, 1.82) is 0 Å². The quantitative estimate of drug-likeness (QED) is 0.676. The monoisotopic (exact) mass is 370 g/mol. The van der Waals surface area contributed by atoms with Crippen LogP contribution in [0.2, 0.25) is 0 Å². The molecule has 0 atom stereocenters. The molecule has 0 bridgehead atoms. The summed E-state index contributed by atoms with van der Waals surface area (Å²) in [5.74, 6) is 0. The summed E-state index contributed by atoms with van der Waals surface area (Å²) in [6, 6.07) is 14.3. The molecule has 2 aromatic carbocycles. The van der Waals surface area contributed by atoms with E-state index in [-0.39, 0.29) is 11.4 Å². The minimum atomic E-state index is -3.60. The van der Waals surface area contributed by atoms with Crippen LogP contribution >= 0.6 is 0 Å². The van der Waals surface area contributed by atoms with E-state index in [4.69, 9.17) is 5.73 Å². The van der Waals surface area contributed by atoms with Gasteiger partial charge in [0.05, 0.1) is 10.6 Å². The second kappa shape index (κ2) is 6.93. The second-order valence-electron chi connectivity index (χ2n) is 6.24. The van der Waals surface area contributed by atoms with Gasteiger partial charge in [-0.05, 0) is 49.2 Å². The number of hydrogen-bond donors (Lipinski definition) is 2. The number of sulfonamides is 1. The summed E-state index contributed by atoms with van der Waals surface area (Å²) in [5.41, 5.74) is 11.0. The van der Waals surface area contributed by atoms with Crippen LogP contribution < -0.4 is 10.5 Å². The number of hydrogen-bond acceptors (Lipinski definition) is 4. The Hall–Kier alpha value is -2.64. The summed E-state index contributed by atoms with van der Waals surface area (Å²) < 4.78 is 29.6. The Kier molecular flexibility index (Phi) is 4.84. The van der Waals surface area contributed by atoms with E-state index in [9.17, 15) is 8.42 Å². The minimum absolute atomic E-state index is 0.216. The van der Waals surface area contributed by atoms with Crippen molar-refractivity contribution in [3.05, 3.63) is 65.5 Å². The van der Waals surface area contributed by atoms with Crippen LogP contribution in [0.25, 0.3) is 11.1 Å². The van der Waals surface area contributed by atoms with Crippen LogP contribution in [0.15, 0.2) is 53.4 Å². The van der Waals surface area contributed by atoms with Gasteiger partial charge in [0.15, 0.2) is 0 Å². The first-order valence-electron chi connectivity index (χ1n) is 8.22. The number of aromatic nitrogens is 2. The van der Waals surface area contributed by atoms with Crippen LogP contribution in [0, 0.1) is 13.8 Å². The average Bonchev–Trinajstić information content (AvgIpc) is 2.86. The van der Waals surface area contributed by atoms with Gasteiger partial charge in [-0.15, -0.1) is 0 Å². The van der Waals surface area contributed by atoms with Crippen molar-refractivity contribution in [3.63, 3.8) is 0 Å². The maximum atomic E-state index is 12.6. The Morgan fingerprint density at radius 2 is 1.54 bits per heavy atom. The molecule has 3 N–H and O–H groups in total. The molecule has 3 rings (SSSR count). The lowest BCUT2D eigenvalue weighted by Gasteiger charge is -2.09. The third kappa shape index (κ3) is 3.63. The zero-order valence-electron chi connectivity index (χ0n) is 15.0. The summed E-state index contributed by atoms with van der Waals surface area (Å²) in [4.78, 5) is 0.232. The van der Waals surface area contributed by atoms with Crippen molar-refractivity contribution >= 4 is 15.7 Å². The summed E-state index contributed by atoms with van der Waals surface area (Å²) in [5, 5.41) is 4.31. The fourth-order valence-corrected chi connectivity index (χ4v) is 3.82. The molecule has 136 valence electrons. The SMILES string of the molecule is Cc1nn(C)c(C)c1CNS(=O)(=O)c1ccc(-c2ccc(N)cc2)cc1. The van der Waals surface area contributed by atoms with Gasteiger partial charge in [-0.3, -0.25) is 4.68 Å². The maximum absolute atomic E-state index is 12.6. The summed E-state index contributed by atoms with van der Waals surface area (Å²) in [6.45, 7) is 4.01. The molecule has 0 aliphatic carbocycles. The van der Waals surface area contributed by atoms with Gasteiger partial charge in [0.25, 0.3) is 0 Å². The van der Waals surface area contributed by atoms with Gasteiger partial charge in [-0.25, -0.2) is 13.1 Å². The predicted octanol–water partition coefficient (Wildman–Crippen LogP) is 2.76. The molecule has 1 aromatic heterocycles. The number of nitrogens with zero attached hydrogens (tertiary/aromatic N) is 2. The van der Waals surface area contributed by atoms with E-state index < -0.39 is 10.0 Å². The normalized spacial score (nSPS) is 11.7. The van der Waals surface area contributed by atoms with Crippen molar-refractivity contribution in [2.24, 2.45) is 7.05 Å². The lowest BCUT2D eigenvalue weighted by atomic mass is 10.1. The first kappa shape index (κ1) is 18.2. The smallest absolute Gasteiger partial charge is 0.240 e. The standard InChI is InChI=1S/C19H22N4O2S/c1-13-19(14(2)23(3)22-13)12-21-26(24,25)18-10-6-16(7-11-18)15-4-8-17(20)9-5-15/h4-11,21H,12,20H2,1-3H3. The highest BCUT2D eigenvalue weighted by atomic mass is 32.2. The molecule has 0 saturated heterocycles. The average molecular weight is 370 g/mol. The van der Waals surface area contributed by atoms with E-state index in [1.165, 1.54) is 0 Å². The van der Waals surface area contributed by atoms with Crippen molar-refractivity contribution in [2.75, 3.05) is 5.73 Å². The summed E-state index contributed by atoms with van der Waals surface area (Å²) in [6.07, 6.45) is 0. The van der Waals surface area contributed by atoms with E-state index in [1.807, 2.05) is 45.2 Å². The Bertz CT molecular complexity index is 1020. The van der Waals surface area contributed by atoms with Crippen molar-refractivity contribution < 1.29 is 8.42 Å². The van der Waals surface area contributed by atoms with Gasteiger partial charge in [-0.1, -0.05) is 24.3 Å². The number of nitrogens with one attached hydrogen (secondary N) is 1. The third-order valence-electron chi connectivity index (χ3n) is 4.51. The first-order valence-corrected chi connectivity index (χ1v) is 9.71. The van der Waals surface area contributed by atoms with Gasteiger partial charge in [0.2, 0.25) is 10.0 Å². The molecule has 0 unspecified atom stereocenters. The highest BCUT2D eigenvalue weighted by Crippen LogP contribution is 2.22. The fraction of sp³-hybridized carbons (Fsp3) is 0.211. The Labute approximate surface area is 153 Å². The molecule has 7 heteroatoms. The number of aryl methyl sites for hydroxylation is 2. The fourth-order valence-electron chi connectivity index (χ4n) is 2.83. The van der Waals surface area contributed by atoms with E-state index >= 15 is 0 Å². The van der Waals surface area contributed by atoms with Gasteiger partial charge in [0.1, 0.15) is 0 Å². The molecule has 3 aromatic rings. The number of nitrogens with two attached hydrogens (primary N) is 1. The van der Waals surface area contributed by atoms with Crippen LogP contribution in [0.5, 0.6) is 0 Å². The topological polar surface area (TPSA) is 90.0 Å². The molecule has 0 aliphatic rings. The first-order chi connectivity index (χ1) is 12.3. The van der Waals surface area contributed by atoms with Crippen LogP contribution in [-0.2, 0) is 23.6 Å². The number of anilines is 1. The molecule has 0 radical (unpaired) electrons. The molecular weight excluding hydrogens is 348 g/mol. The highest BCUT2D eigenvalue weighted by Gasteiger charge is 2.17. The number of benzene rings is 2. The summed E-state index contributed by atoms with van der Waals surface area (Å²) in [7, 11) is -1.75. The molecule has 6 nitrogen and oxygen atoms in total. The van der Waals surface area contributed by atoms with E-state index in [1.54, 1.807) is 28.9 Å². The molecule has 0 amide bonds. The van der Waals surface area contributed by atoms with Crippen molar-refractivity contribution in [1.82, 2.24) is 14.5 Å². The molecule has 26 heavy (non-hydrogen) atoms. The highest BCUT2D eigenvalue weighted by molar-refractivity contribution is 7.89. The molecule has 0 aliphatic heterocycles. The van der Waals surface area contributed by atoms with E-state index in [2.05, 4.69) is 9.82 Å². The van der Waals surface area contributed by atoms with E-state index in [0.29, 0.717) is 5.69 Å². The Morgan fingerprint density at radius 3 is 2.04 bits per heavy atom. The van der Waals surface area contributed by atoms with Gasteiger partial charge >= 0.3 is 0 Å². The van der Waals surface area contributed by atoms with Crippen LogP contribution in [0.1, 0.15) is 17.0 Å². The van der Waals surface area contributed by atoms with Gasteiger partial charge < -0.3 is 5.73 Å². The minimum Gasteiger partial charge on any atom is -0.399 e. The van der Waals surface area contributed by atoms with E-state index in [0.717, 1.165) is 28.1 Å². The zero-order chi connectivity index (χ0) is 18.9. The molecule has 1 heterocycles. The lowest BCUT2D eigenvalue weighted by Crippen LogP contribution is -2.23. The Balaban J connectivity index is 1.78. The van der Waals surface area contributed by atoms with Gasteiger partial charge in [-0.2, -0.15) is 5.10 Å². The number of nitrogen functional groups attached to an aromatic ring is 1. The molecule has 0 spiro atoms. The predicted molar refractivity (Wildman–Crippen MR) is 103 cm³/mol. The zero-order valence-corrected chi connectivity index (χ0v) is 15.8. The lowest BCUT2D eigenvalue weighted by molar-refractivity contribution is 0.581. The van der Waals surface area contributed by atoms with Crippen molar-refractivity contribution in [3.8, 4) is 11.1 Å². The third-order valence-corrected chi connectivity index (χ3v) is 5.92. The maximum Gasteiger partial charge on any atom is 0.240 e. The largest absolute Gasteiger partial charge is 0.399 e. The molecular formula is C19H22N4O2S. The Morgan fingerprint density at radius 1 is 1.00 bits per heavy atom. The molecule has 0 fully saturated rings. The van der Waals surface area contributed by atoms with Crippen LogP contribution in [0.3, 0.4) is 0 Å².